The van der Waals surface area contributed by atoms with Gasteiger partial charge in [0.1, 0.15) is 11.6 Å². The van der Waals surface area contributed by atoms with Crippen molar-refractivity contribution in [2.75, 3.05) is 30.0 Å². The van der Waals surface area contributed by atoms with Crippen molar-refractivity contribution in [3.63, 3.8) is 0 Å². The summed E-state index contributed by atoms with van der Waals surface area (Å²) in [6, 6.07) is 11.1. The molecule has 2 amide bonds. The van der Waals surface area contributed by atoms with Gasteiger partial charge in [-0.2, -0.15) is 0 Å². The van der Waals surface area contributed by atoms with Gasteiger partial charge < -0.3 is 14.8 Å². The lowest BCUT2D eigenvalue weighted by atomic mass is 9.82. The third-order valence-electron chi connectivity index (χ3n) is 8.84. The minimum Gasteiger partial charge on any atom is -0.384 e. The number of nitrogens with zero attached hydrogens (tertiary/aromatic N) is 3. The molecule has 0 radical (unpaired) electrons. The Hall–Kier alpha value is -4.84. The van der Waals surface area contributed by atoms with Crippen LogP contribution < -0.4 is 15.8 Å². The number of anilines is 1. The molecule has 1 N–H and O–H groups in total. The Morgan fingerprint density at radius 1 is 0.978 bits per heavy atom. The maximum absolute atomic E-state index is 15.4. The molecule has 2 atom stereocenters. The van der Waals surface area contributed by atoms with Crippen molar-refractivity contribution in [3.8, 4) is 0 Å². The molecular weight excluding hydrogens is 602 g/mol. The van der Waals surface area contributed by atoms with E-state index >= 15 is 4.39 Å². The summed E-state index contributed by atoms with van der Waals surface area (Å²) in [6.45, 7) is 0.395. The van der Waals surface area contributed by atoms with Crippen molar-refractivity contribution in [1.82, 2.24) is 14.8 Å². The van der Waals surface area contributed by atoms with Gasteiger partial charge in [0, 0.05) is 56.3 Å². The molecule has 0 fully saturated rings. The number of fused-ring (bicyclic) bond motifs is 3. The van der Waals surface area contributed by atoms with Gasteiger partial charge in [-0.3, -0.25) is 19.3 Å². The number of hydrogen-bond donors (Lipinski definition) is 1. The van der Waals surface area contributed by atoms with E-state index in [1.54, 1.807) is 60.8 Å². The van der Waals surface area contributed by atoms with Gasteiger partial charge in [-0.25, -0.2) is 17.2 Å². The van der Waals surface area contributed by atoms with Crippen LogP contribution in [0.2, 0.25) is 0 Å². The van der Waals surface area contributed by atoms with E-state index in [4.69, 9.17) is 0 Å². The molecule has 9 nitrogen and oxygen atoms in total. The van der Waals surface area contributed by atoms with Crippen LogP contribution in [0.3, 0.4) is 0 Å². The molecule has 12 heteroatoms. The second-order valence-electron chi connectivity index (χ2n) is 11.8. The number of nitrogens with one attached hydrogen (secondary N) is 1. The lowest BCUT2D eigenvalue weighted by molar-refractivity contribution is 0.0644. The average molecular weight is 631 g/mol. The number of carbonyl (C=O) groups excluding carboxylic acids is 2. The first-order valence-corrected chi connectivity index (χ1v) is 16.5. The largest absolute Gasteiger partial charge is 0.384 e. The Morgan fingerprint density at radius 3 is 2.36 bits per heavy atom. The molecule has 230 valence electrons. The maximum Gasteiger partial charge on any atom is 0.261 e. The van der Waals surface area contributed by atoms with Crippen LogP contribution in [0.1, 0.15) is 38.3 Å². The zero-order valence-electron chi connectivity index (χ0n) is 24.4. The normalized spacial score (nSPS) is 20.4. The van der Waals surface area contributed by atoms with E-state index in [-0.39, 0.29) is 41.3 Å². The van der Waals surface area contributed by atoms with Crippen molar-refractivity contribution in [1.29, 1.82) is 0 Å². The summed E-state index contributed by atoms with van der Waals surface area (Å²) < 4.78 is 55.8. The summed E-state index contributed by atoms with van der Waals surface area (Å²) in [6.07, 6.45) is 6.44. The number of pyridine rings is 1. The molecule has 3 aromatic rings. The third kappa shape index (κ3) is 4.71. The molecule has 1 aliphatic carbocycles. The highest BCUT2D eigenvalue weighted by Crippen LogP contribution is 2.47. The number of carbonyl (C=O) groups is 2. The Morgan fingerprint density at radius 2 is 1.69 bits per heavy atom. The van der Waals surface area contributed by atoms with Crippen LogP contribution in [0, 0.1) is 17.6 Å². The Kier molecular flexibility index (Phi) is 6.66. The fourth-order valence-electron chi connectivity index (χ4n) is 6.86. The molecule has 0 saturated carbocycles. The Labute approximate surface area is 257 Å². The summed E-state index contributed by atoms with van der Waals surface area (Å²) >= 11 is 0. The fraction of sp³-hybridized carbons (Fsp3) is 0.242. The molecule has 7 rings (SSSR count). The third-order valence-corrected chi connectivity index (χ3v) is 9.68. The second kappa shape index (κ2) is 10.4. The zero-order valence-corrected chi connectivity index (χ0v) is 25.2. The highest BCUT2D eigenvalue weighted by molar-refractivity contribution is 7.91. The lowest BCUT2D eigenvalue weighted by Gasteiger charge is -2.39. The van der Waals surface area contributed by atoms with Gasteiger partial charge in [-0.15, -0.1) is 0 Å². The highest BCUT2D eigenvalue weighted by Gasteiger charge is 2.45. The number of aryl methyl sites for hydroxylation is 1. The Balaban J connectivity index is 1.36. The van der Waals surface area contributed by atoms with Crippen molar-refractivity contribution in [3.05, 3.63) is 122 Å². The predicted molar refractivity (Wildman–Crippen MR) is 165 cm³/mol. The monoisotopic (exact) mass is 630 g/mol. The van der Waals surface area contributed by atoms with E-state index in [2.05, 4.69) is 5.32 Å². The second-order valence-corrected chi connectivity index (χ2v) is 14.0. The smallest absolute Gasteiger partial charge is 0.261 e. The molecule has 0 saturated heterocycles. The fourth-order valence-corrected chi connectivity index (χ4v) is 7.66. The first-order chi connectivity index (χ1) is 21.4. The number of hydrogen-bond acceptors (Lipinski definition) is 7. The van der Waals surface area contributed by atoms with E-state index in [0.717, 1.165) is 18.4 Å². The van der Waals surface area contributed by atoms with E-state index in [0.29, 0.717) is 57.6 Å². The lowest BCUT2D eigenvalue weighted by Crippen LogP contribution is -2.47. The number of rotatable bonds is 6. The minimum atomic E-state index is -3.52. The van der Waals surface area contributed by atoms with Crippen molar-refractivity contribution in [2.24, 2.45) is 13.0 Å². The number of aromatic nitrogens is 1. The highest BCUT2D eigenvalue weighted by atomic mass is 32.2. The first-order valence-electron chi connectivity index (χ1n) is 14.4. The van der Waals surface area contributed by atoms with E-state index in [1.807, 2.05) is 0 Å². The maximum atomic E-state index is 15.4. The standard InChI is InChI=1S/C33H28F2N4O5S/c1-37-11-10-22-20(17-45(2,43)44)13-19-16-39(26-8-7-21(34)14-25(26)35)30-18(15-36-29(27(19)30)28(22)33(37)42)9-12-38-31(40)23-5-3-4-6-24(23)32(38)41/h3-8,10-11,13-14,16,18,30,36H,9,12,15,17H2,1-2H3. The summed E-state index contributed by atoms with van der Waals surface area (Å²) in [7, 11) is -1.92. The first kappa shape index (κ1) is 28.9. The van der Waals surface area contributed by atoms with Crippen LogP contribution in [0.25, 0.3) is 11.3 Å². The quantitative estimate of drug-likeness (QED) is 0.416. The summed E-state index contributed by atoms with van der Waals surface area (Å²) in [4.78, 5) is 42.8. The number of benzene rings is 2. The van der Waals surface area contributed by atoms with E-state index in [9.17, 15) is 27.2 Å². The molecule has 2 aromatic carbocycles. The molecule has 4 aliphatic rings. The number of halogens is 2. The van der Waals surface area contributed by atoms with Crippen molar-refractivity contribution in [2.45, 2.75) is 12.5 Å². The number of amides is 2. The number of sulfone groups is 1. The topological polar surface area (TPSA) is 109 Å². The molecular formula is C33H28F2N4O5S. The van der Waals surface area contributed by atoms with Crippen LogP contribution in [0.4, 0.5) is 14.5 Å². The molecule has 45 heavy (non-hydrogen) atoms. The molecule has 3 aliphatic heterocycles. The zero-order chi connectivity index (χ0) is 31.8. The summed E-state index contributed by atoms with van der Waals surface area (Å²) in [5, 5.41) is 3.40. The summed E-state index contributed by atoms with van der Waals surface area (Å²) in [5.74, 6) is -2.94. The number of allylic oxidation sites excluding steroid dienone is 1. The Bertz CT molecular complexity index is 2060. The average Bonchev–Trinajstić information content (AvgIpc) is 3.43. The molecule has 1 aromatic heterocycles. The SMILES string of the molecule is Cn1ccc2c(c1=O)C1=C3C(=CN(c4ccc(F)cc4F)C3C(CCN3C(=O)c4ccccc4C3=O)CN1)C=C2CS(C)(=O)=O. The van der Waals surface area contributed by atoms with Crippen LogP contribution in [0.15, 0.2) is 82.9 Å². The molecule has 0 spiro atoms. The van der Waals surface area contributed by atoms with Crippen LogP contribution in [-0.4, -0.2) is 60.8 Å². The van der Waals surface area contributed by atoms with E-state index in [1.165, 1.54) is 15.5 Å². The van der Waals surface area contributed by atoms with Crippen molar-refractivity contribution < 1.29 is 26.8 Å². The van der Waals surface area contributed by atoms with Gasteiger partial charge in [0.05, 0.1) is 39.9 Å². The van der Waals surface area contributed by atoms with Gasteiger partial charge >= 0.3 is 0 Å². The van der Waals surface area contributed by atoms with Crippen LogP contribution in [0.5, 0.6) is 0 Å². The van der Waals surface area contributed by atoms with Gasteiger partial charge in [0.2, 0.25) is 0 Å². The van der Waals surface area contributed by atoms with Crippen LogP contribution in [-0.2, 0) is 16.9 Å². The van der Waals surface area contributed by atoms with Gasteiger partial charge in [0.25, 0.3) is 17.4 Å². The molecule has 0 bridgehead atoms. The van der Waals surface area contributed by atoms with E-state index < -0.39 is 27.5 Å². The van der Waals surface area contributed by atoms with Crippen LogP contribution >= 0.6 is 0 Å². The molecule has 2 unspecified atom stereocenters. The minimum absolute atomic E-state index is 0.0976. The van der Waals surface area contributed by atoms with Gasteiger partial charge in [-0.1, -0.05) is 12.1 Å². The summed E-state index contributed by atoms with van der Waals surface area (Å²) in [5.41, 5.74) is 3.38. The number of imide groups is 1. The molecule has 4 heterocycles. The van der Waals surface area contributed by atoms with Crippen molar-refractivity contribution >= 4 is 38.6 Å². The van der Waals surface area contributed by atoms with Gasteiger partial charge in [-0.05, 0) is 59.5 Å². The van der Waals surface area contributed by atoms with Gasteiger partial charge in [0.15, 0.2) is 9.84 Å². The predicted octanol–water partition coefficient (Wildman–Crippen LogP) is 3.49.